The number of anilines is 2. The first-order valence-electron chi connectivity index (χ1n) is 12.9. The lowest BCUT2D eigenvalue weighted by molar-refractivity contribution is 0.0681. The molecule has 2 saturated heterocycles. The van der Waals surface area contributed by atoms with Crippen molar-refractivity contribution in [1.82, 2.24) is 19.7 Å². The molecule has 5 rings (SSSR count). The summed E-state index contributed by atoms with van der Waals surface area (Å²) in [5.41, 5.74) is 1.77. The molecule has 8 nitrogen and oxygen atoms in total. The summed E-state index contributed by atoms with van der Waals surface area (Å²) >= 11 is 6.40. The molecule has 0 saturated carbocycles. The van der Waals surface area contributed by atoms with Crippen LogP contribution in [0.4, 0.5) is 20.3 Å². The summed E-state index contributed by atoms with van der Waals surface area (Å²) in [6.07, 6.45) is 1.31. The Morgan fingerprint density at radius 3 is 2.55 bits per heavy atom. The molecular weight excluding hydrogens is 514 g/mol. The summed E-state index contributed by atoms with van der Waals surface area (Å²) in [5, 5.41) is 14.0. The van der Waals surface area contributed by atoms with Crippen molar-refractivity contribution in [3.8, 4) is 11.1 Å². The number of carbonyl (C=O) groups is 1. The molecule has 0 aliphatic carbocycles. The van der Waals surface area contributed by atoms with Crippen molar-refractivity contribution in [2.45, 2.75) is 32.2 Å². The van der Waals surface area contributed by atoms with Crippen molar-refractivity contribution in [3.63, 3.8) is 0 Å². The number of aromatic carboxylic acids is 1. The van der Waals surface area contributed by atoms with Gasteiger partial charge >= 0.3 is 5.97 Å². The van der Waals surface area contributed by atoms with Gasteiger partial charge in [-0.15, -0.1) is 0 Å². The highest BCUT2D eigenvalue weighted by Crippen LogP contribution is 2.37. The van der Waals surface area contributed by atoms with Gasteiger partial charge in [-0.05, 0) is 43.7 Å². The summed E-state index contributed by atoms with van der Waals surface area (Å²) in [7, 11) is 0. The van der Waals surface area contributed by atoms with Crippen LogP contribution in [0.3, 0.4) is 0 Å². The highest BCUT2D eigenvalue weighted by atomic mass is 35.5. The normalized spacial score (nSPS) is 18.8. The minimum Gasteiger partial charge on any atom is -0.478 e. The molecule has 4 heterocycles. The van der Waals surface area contributed by atoms with Gasteiger partial charge in [0.05, 0.1) is 12.2 Å². The first-order chi connectivity index (χ1) is 18.4. The van der Waals surface area contributed by atoms with E-state index in [-0.39, 0.29) is 0 Å². The molecule has 1 atom stereocenters. The Hall–Kier alpha value is -3.24. The Balaban J connectivity index is 1.40. The van der Waals surface area contributed by atoms with Crippen LogP contribution < -0.4 is 9.80 Å². The van der Waals surface area contributed by atoms with Crippen molar-refractivity contribution in [1.29, 1.82) is 0 Å². The molecule has 0 bridgehead atoms. The fraction of sp³-hybridized carbons (Fsp3) is 0.444. The predicted molar refractivity (Wildman–Crippen MR) is 144 cm³/mol. The number of likely N-dealkylation sites (N-methyl/N-ethyl adjacent to an activating group) is 1. The van der Waals surface area contributed by atoms with Gasteiger partial charge < -0.3 is 19.8 Å². The van der Waals surface area contributed by atoms with E-state index < -0.39 is 29.7 Å². The highest BCUT2D eigenvalue weighted by molar-refractivity contribution is 6.31. The van der Waals surface area contributed by atoms with Crippen LogP contribution in [0.1, 0.15) is 48.3 Å². The number of nitrogens with zero attached hydrogens (tertiary/aromatic N) is 6. The molecule has 2 aromatic heterocycles. The summed E-state index contributed by atoms with van der Waals surface area (Å²) in [6.45, 7) is 8.29. The number of hydrogen-bond donors (Lipinski definition) is 1. The minimum atomic E-state index is -2.93. The van der Waals surface area contributed by atoms with Crippen LogP contribution in [-0.4, -0.2) is 76.6 Å². The Kier molecular flexibility index (Phi) is 7.80. The topological polar surface area (TPSA) is 77.7 Å². The molecule has 0 spiro atoms. The maximum absolute atomic E-state index is 13.8. The minimum absolute atomic E-state index is 0.394. The van der Waals surface area contributed by atoms with Crippen molar-refractivity contribution in [2.24, 2.45) is 0 Å². The second kappa shape index (κ2) is 11.2. The Bertz CT molecular complexity index is 1280. The molecule has 3 aromatic rings. The summed E-state index contributed by atoms with van der Waals surface area (Å²) in [4.78, 5) is 23.1. The van der Waals surface area contributed by atoms with E-state index in [9.17, 15) is 18.7 Å². The number of pyridine rings is 1. The van der Waals surface area contributed by atoms with E-state index >= 15 is 0 Å². The van der Waals surface area contributed by atoms with Crippen molar-refractivity contribution < 1.29 is 18.7 Å². The molecule has 1 N–H and O–H groups in total. The largest absolute Gasteiger partial charge is 0.478 e. The first kappa shape index (κ1) is 26.4. The van der Waals surface area contributed by atoms with Crippen LogP contribution in [0.25, 0.3) is 11.1 Å². The number of aromatic nitrogens is 3. The molecule has 11 heteroatoms. The van der Waals surface area contributed by atoms with Crippen molar-refractivity contribution in [3.05, 3.63) is 59.0 Å². The van der Waals surface area contributed by atoms with Crippen LogP contribution >= 0.6 is 11.6 Å². The molecular formula is C27H31ClF2N6O2. The summed E-state index contributed by atoms with van der Waals surface area (Å²) in [6, 6.07) is 9.39. The lowest BCUT2D eigenvalue weighted by atomic mass is 10.00. The lowest BCUT2D eigenvalue weighted by Crippen LogP contribution is -2.46. The molecule has 1 unspecified atom stereocenters. The molecule has 2 aliphatic heterocycles. The lowest BCUT2D eigenvalue weighted by Gasteiger charge is -2.36. The van der Waals surface area contributed by atoms with E-state index in [1.807, 2.05) is 30.5 Å². The van der Waals surface area contributed by atoms with Gasteiger partial charge in [0.2, 0.25) is 0 Å². The average molecular weight is 545 g/mol. The Labute approximate surface area is 225 Å². The number of hydrogen-bond acceptors (Lipinski definition) is 6. The van der Waals surface area contributed by atoms with Crippen LogP contribution in [0.15, 0.2) is 42.7 Å². The third kappa shape index (κ3) is 5.33. The standard InChI is InChI=1S/C27H31ClF2N6O2/c1-2-33-10-12-34(13-11-33)24-8-5-18(15-31-24)21-7-6-19(28)14-23(21)35-9-3-4-20(17-35)36-25(26(29)30)22(16-32-36)27(37)38/h5-8,14-16,20,26H,2-4,9-13,17H2,1H3,(H,37,38). The smallest absolute Gasteiger partial charge is 0.339 e. The van der Waals surface area contributed by atoms with Gasteiger partial charge in [0.15, 0.2) is 0 Å². The van der Waals surface area contributed by atoms with Gasteiger partial charge in [-0.3, -0.25) is 4.68 Å². The molecule has 38 heavy (non-hydrogen) atoms. The van der Waals surface area contributed by atoms with E-state index in [0.717, 1.165) is 68.0 Å². The molecule has 0 amide bonds. The van der Waals surface area contributed by atoms with E-state index in [1.165, 1.54) is 4.68 Å². The number of rotatable bonds is 7. The summed E-state index contributed by atoms with van der Waals surface area (Å²) in [5.74, 6) is -0.454. The zero-order chi connectivity index (χ0) is 26.8. The number of carboxylic acids is 1. The summed E-state index contributed by atoms with van der Waals surface area (Å²) < 4.78 is 28.9. The number of piperazine rings is 1. The number of halogens is 3. The monoisotopic (exact) mass is 544 g/mol. The van der Waals surface area contributed by atoms with Gasteiger partial charge in [0.1, 0.15) is 17.1 Å². The van der Waals surface area contributed by atoms with E-state index in [2.05, 4.69) is 32.8 Å². The fourth-order valence-electron chi connectivity index (χ4n) is 5.45. The number of benzene rings is 1. The average Bonchev–Trinajstić information content (AvgIpc) is 3.40. The zero-order valence-corrected chi connectivity index (χ0v) is 22.0. The maximum atomic E-state index is 13.8. The van der Waals surface area contributed by atoms with Gasteiger partial charge in [0, 0.05) is 67.3 Å². The number of carboxylic acid groups (broad SMARTS) is 1. The van der Waals surface area contributed by atoms with Gasteiger partial charge in [-0.1, -0.05) is 24.6 Å². The third-order valence-electron chi connectivity index (χ3n) is 7.52. The van der Waals surface area contributed by atoms with Crippen LogP contribution in [0.5, 0.6) is 0 Å². The van der Waals surface area contributed by atoms with Gasteiger partial charge in [-0.25, -0.2) is 18.6 Å². The Morgan fingerprint density at radius 2 is 1.89 bits per heavy atom. The van der Waals surface area contributed by atoms with Crippen LogP contribution in [0, 0.1) is 0 Å². The molecule has 1 aromatic carbocycles. The van der Waals surface area contributed by atoms with Gasteiger partial charge in [-0.2, -0.15) is 5.10 Å². The zero-order valence-electron chi connectivity index (χ0n) is 21.2. The first-order valence-corrected chi connectivity index (χ1v) is 13.3. The SMILES string of the molecule is CCN1CCN(c2ccc(-c3ccc(Cl)cc3N3CCCC(n4ncc(C(=O)O)c4C(F)F)C3)cn2)CC1. The molecule has 2 aliphatic rings. The number of piperidine rings is 1. The molecule has 2 fully saturated rings. The maximum Gasteiger partial charge on any atom is 0.339 e. The highest BCUT2D eigenvalue weighted by Gasteiger charge is 2.31. The quantitative estimate of drug-likeness (QED) is 0.437. The van der Waals surface area contributed by atoms with Crippen molar-refractivity contribution >= 4 is 29.1 Å². The Morgan fingerprint density at radius 1 is 1.11 bits per heavy atom. The molecule has 202 valence electrons. The second-order valence-electron chi connectivity index (χ2n) is 9.72. The van der Waals surface area contributed by atoms with E-state index in [0.29, 0.717) is 24.5 Å². The fourth-order valence-corrected chi connectivity index (χ4v) is 5.62. The third-order valence-corrected chi connectivity index (χ3v) is 7.75. The van der Waals surface area contributed by atoms with Gasteiger partial charge in [0.25, 0.3) is 6.43 Å². The van der Waals surface area contributed by atoms with Crippen LogP contribution in [-0.2, 0) is 0 Å². The van der Waals surface area contributed by atoms with E-state index in [4.69, 9.17) is 16.6 Å². The van der Waals surface area contributed by atoms with Crippen LogP contribution in [0.2, 0.25) is 5.02 Å². The second-order valence-corrected chi connectivity index (χ2v) is 10.2. The van der Waals surface area contributed by atoms with Crippen molar-refractivity contribution in [2.75, 3.05) is 55.6 Å². The number of alkyl halides is 2. The molecule has 0 radical (unpaired) electrons. The van der Waals surface area contributed by atoms with E-state index in [1.54, 1.807) is 0 Å². The predicted octanol–water partition coefficient (Wildman–Crippen LogP) is 5.22.